The van der Waals surface area contributed by atoms with Crippen LogP contribution in [0.3, 0.4) is 0 Å². The lowest BCUT2D eigenvalue weighted by atomic mass is 9.85. The number of aryl methyl sites for hydroxylation is 1. The van der Waals surface area contributed by atoms with Crippen molar-refractivity contribution >= 4 is 29.1 Å². The molecule has 1 aliphatic carbocycles. The lowest BCUT2D eigenvalue weighted by Gasteiger charge is -2.27. The molecule has 3 atom stereocenters. The van der Waals surface area contributed by atoms with Gasteiger partial charge in [0, 0.05) is 17.3 Å². The third kappa shape index (κ3) is 4.06. The first-order valence-electron chi connectivity index (χ1n) is 9.78. The average Bonchev–Trinajstić information content (AvgIpc) is 2.92. The zero-order chi connectivity index (χ0) is 21.3. The van der Waals surface area contributed by atoms with Crippen molar-refractivity contribution in [2.45, 2.75) is 46.1 Å². The maximum Gasteiger partial charge on any atom is 0.274 e. The molecular weight excluding hydrogens is 374 g/mol. The molecule has 1 aliphatic heterocycles. The Balaban J connectivity index is 1.86. The van der Waals surface area contributed by atoms with E-state index in [4.69, 9.17) is 0 Å². The van der Waals surface area contributed by atoms with Gasteiger partial charge in [0.05, 0.1) is 16.8 Å². The van der Waals surface area contributed by atoms with Gasteiger partial charge in [-0.15, -0.1) is 0 Å². The molecule has 2 aliphatic rings. The zero-order valence-corrected chi connectivity index (χ0v) is 16.8. The second-order valence-electron chi connectivity index (χ2n) is 8.10. The number of nitro benzene ring substituents is 1. The molecule has 0 aromatic heterocycles. The number of benzene rings is 1. The Morgan fingerprint density at radius 3 is 2.31 bits per heavy atom. The minimum atomic E-state index is -0.944. The summed E-state index contributed by atoms with van der Waals surface area (Å²) in [5, 5.41) is 13.8. The number of imide groups is 1. The summed E-state index contributed by atoms with van der Waals surface area (Å²) in [5.74, 6) is -1.87. The molecule has 0 spiro atoms. The monoisotopic (exact) mass is 399 g/mol. The van der Waals surface area contributed by atoms with Gasteiger partial charge in [-0.1, -0.05) is 32.1 Å². The van der Waals surface area contributed by atoms with Gasteiger partial charge in [-0.3, -0.25) is 29.4 Å². The highest BCUT2D eigenvalue weighted by Crippen LogP contribution is 2.37. The molecule has 1 heterocycles. The number of carbonyl (C=O) groups excluding carboxylic acids is 3. The molecule has 0 saturated carbocycles. The lowest BCUT2D eigenvalue weighted by Crippen LogP contribution is -2.48. The van der Waals surface area contributed by atoms with Gasteiger partial charge in [0.1, 0.15) is 6.04 Å². The molecule has 0 radical (unpaired) electrons. The Morgan fingerprint density at radius 1 is 1.21 bits per heavy atom. The molecule has 0 bridgehead atoms. The highest BCUT2D eigenvalue weighted by Gasteiger charge is 2.51. The fourth-order valence-corrected chi connectivity index (χ4v) is 4.02. The Labute approximate surface area is 169 Å². The zero-order valence-electron chi connectivity index (χ0n) is 16.8. The van der Waals surface area contributed by atoms with E-state index in [-0.39, 0.29) is 29.1 Å². The van der Waals surface area contributed by atoms with Gasteiger partial charge < -0.3 is 5.32 Å². The first-order valence-corrected chi connectivity index (χ1v) is 9.78. The van der Waals surface area contributed by atoms with Crippen molar-refractivity contribution in [3.05, 3.63) is 46.0 Å². The Kier molecular flexibility index (Phi) is 5.81. The van der Waals surface area contributed by atoms with Crippen LogP contribution < -0.4 is 5.32 Å². The number of amides is 3. The Morgan fingerprint density at radius 2 is 1.79 bits per heavy atom. The third-order valence-corrected chi connectivity index (χ3v) is 5.52. The Hall–Kier alpha value is -3.03. The molecular formula is C21H25N3O5. The van der Waals surface area contributed by atoms with Crippen LogP contribution in [0.4, 0.5) is 11.4 Å². The van der Waals surface area contributed by atoms with E-state index >= 15 is 0 Å². The van der Waals surface area contributed by atoms with Crippen molar-refractivity contribution in [3.8, 4) is 0 Å². The summed E-state index contributed by atoms with van der Waals surface area (Å²) in [7, 11) is 0. The van der Waals surface area contributed by atoms with Crippen molar-refractivity contribution in [2.24, 2.45) is 17.8 Å². The van der Waals surface area contributed by atoms with Crippen LogP contribution >= 0.6 is 0 Å². The number of nitrogens with one attached hydrogen (secondary N) is 1. The number of nitrogens with zero attached hydrogens (tertiary/aromatic N) is 2. The first kappa shape index (κ1) is 20.7. The highest BCUT2D eigenvalue weighted by molar-refractivity contribution is 6.10. The summed E-state index contributed by atoms with van der Waals surface area (Å²) in [4.78, 5) is 50.7. The second kappa shape index (κ2) is 8.14. The van der Waals surface area contributed by atoms with E-state index in [0.29, 0.717) is 24.8 Å². The maximum absolute atomic E-state index is 13.1. The van der Waals surface area contributed by atoms with E-state index in [2.05, 4.69) is 5.32 Å². The van der Waals surface area contributed by atoms with Crippen molar-refractivity contribution in [2.75, 3.05) is 5.32 Å². The van der Waals surface area contributed by atoms with Crippen LogP contribution in [0.25, 0.3) is 0 Å². The summed E-state index contributed by atoms with van der Waals surface area (Å²) < 4.78 is 0. The summed E-state index contributed by atoms with van der Waals surface area (Å²) in [6, 6.07) is 3.47. The largest absolute Gasteiger partial charge is 0.324 e. The molecule has 3 rings (SSSR count). The van der Waals surface area contributed by atoms with E-state index < -0.39 is 28.7 Å². The molecule has 8 nitrogen and oxygen atoms in total. The van der Waals surface area contributed by atoms with Crippen LogP contribution in [0.15, 0.2) is 30.4 Å². The summed E-state index contributed by atoms with van der Waals surface area (Å²) >= 11 is 0. The molecule has 3 amide bonds. The summed E-state index contributed by atoms with van der Waals surface area (Å²) in [5.41, 5.74) is 0.640. The van der Waals surface area contributed by atoms with Crippen LogP contribution in [0, 0.1) is 34.8 Å². The molecule has 8 heteroatoms. The van der Waals surface area contributed by atoms with Crippen LogP contribution in [-0.4, -0.2) is 33.6 Å². The van der Waals surface area contributed by atoms with E-state index in [0.717, 1.165) is 4.90 Å². The van der Waals surface area contributed by atoms with Gasteiger partial charge in [-0.05, 0) is 38.2 Å². The topological polar surface area (TPSA) is 110 Å². The normalized spacial score (nSPS) is 22.0. The molecule has 1 fully saturated rings. The van der Waals surface area contributed by atoms with E-state index in [1.807, 2.05) is 26.0 Å². The minimum absolute atomic E-state index is 0.0689. The number of likely N-dealkylation sites (tertiary alicyclic amines) is 1. The minimum Gasteiger partial charge on any atom is -0.324 e. The smallest absolute Gasteiger partial charge is 0.274 e. The average molecular weight is 399 g/mol. The van der Waals surface area contributed by atoms with Gasteiger partial charge in [0.2, 0.25) is 17.7 Å². The molecule has 1 aromatic carbocycles. The number of anilines is 1. The maximum atomic E-state index is 13.1. The fourth-order valence-electron chi connectivity index (χ4n) is 4.02. The highest BCUT2D eigenvalue weighted by atomic mass is 16.6. The van der Waals surface area contributed by atoms with E-state index in [9.17, 15) is 24.5 Å². The van der Waals surface area contributed by atoms with Crippen LogP contribution in [0.2, 0.25) is 0 Å². The molecule has 1 aromatic rings. The van der Waals surface area contributed by atoms with Gasteiger partial charge in [0.15, 0.2) is 0 Å². The molecule has 3 unspecified atom stereocenters. The lowest BCUT2D eigenvalue weighted by molar-refractivity contribution is -0.385. The fraction of sp³-hybridized carbons (Fsp3) is 0.476. The molecule has 154 valence electrons. The Bertz CT molecular complexity index is 866. The van der Waals surface area contributed by atoms with Gasteiger partial charge in [-0.25, -0.2) is 0 Å². The molecule has 1 saturated heterocycles. The van der Waals surface area contributed by atoms with Crippen LogP contribution in [0.5, 0.6) is 0 Å². The van der Waals surface area contributed by atoms with Crippen molar-refractivity contribution in [1.29, 1.82) is 0 Å². The number of rotatable bonds is 6. The number of allylic oxidation sites excluding steroid dienone is 2. The van der Waals surface area contributed by atoms with Crippen LogP contribution in [0.1, 0.15) is 38.7 Å². The van der Waals surface area contributed by atoms with Gasteiger partial charge in [0.25, 0.3) is 5.69 Å². The van der Waals surface area contributed by atoms with E-state index in [1.54, 1.807) is 19.1 Å². The number of fused-ring (bicyclic) bond motifs is 1. The quantitative estimate of drug-likeness (QED) is 0.342. The standard InChI is InChI=1S/C21H25N3O5/c1-12(2)10-18(23-20(26)15-6-4-5-7-16(15)21(23)27)19(25)22-14-9-8-13(3)17(11-14)24(28)29/h4-5,8-9,11-12,15-16,18H,6-7,10H2,1-3H3,(H,22,25). The number of carbonyl (C=O) groups is 3. The number of hydrogen-bond acceptors (Lipinski definition) is 5. The second-order valence-corrected chi connectivity index (χ2v) is 8.10. The van der Waals surface area contributed by atoms with Crippen molar-refractivity contribution in [3.63, 3.8) is 0 Å². The SMILES string of the molecule is Cc1ccc(NC(=O)C(CC(C)C)N2C(=O)C3CC=CCC3C2=O)cc1[N+](=O)[O-]. The van der Waals surface area contributed by atoms with Crippen LogP contribution in [-0.2, 0) is 14.4 Å². The molecule has 1 N–H and O–H groups in total. The first-order chi connectivity index (χ1) is 13.7. The van der Waals surface area contributed by atoms with Gasteiger partial charge >= 0.3 is 0 Å². The number of nitro groups is 1. The summed E-state index contributed by atoms with van der Waals surface area (Å²) in [6.45, 7) is 5.44. The molecule has 29 heavy (non-hydrogen) atoms. The van der Waals surface area contributed by atoms with E-state index in [1.165, 1.54) is 6.07 Å². The number of hydrogen-bond donors (Lipinski definition) is 1. The summed E-state index contributed by atoms with van der Waals surface area (Å²) in [6.07, 6.45) is 5.14. The predicted octanol–water partition coefficient (Wildman–Crippen LogP) is 3.21. The van der Waals surface area contributed by atoms with Crippen molar-refractivity contribution in [1.82, 2.24) is 4.90 Å². The predicted molar refractivity (Wildman–Crippen MR) is 107 cm³/mol. The third-order valence-electron chi connectivity index (χ3n) is 5.52. The van der Waals surface area contributed by atoms with Crippen molar-refractivity contribution < 1.29 is 19.3 Å². The van der Waals surface area contributed by atoms with Gasteiger partial charge in [-0.2, -0.15) is 0 Å².